The molecular weight excluding hydrogens is 246 g/mol. The smallest absolute Gasteiger partial charge is 0.105 e. The van der Waals surface area contributed by atoms with Crippen molar-refractivity contribution < 1.29 is 4.42 Å². The first-order valence-corrected chi connectivity index (χ1v) is 7.51. The fourth-order valence-corrected chi connectivity index (χ4v) is 3.28. The molecule has 0 aliphatic heterocycles. The molecule has 2 aromatic rings. The van der Waals surface area contributed by atoms with Gasteiger partial charge in [-0.25, -0.2) is 0 Å². The van der Waals surface area contributed by atoms with Crippen molar-refractivity contribution in [3.8, 4) is 0 Å². The van der Waals surface area contributed by atoms with E-state index in [1.807, 2.05) is 13.8 Å². The molecule has 0 spiro atoms. The average Bonchev–Trinajstić information content (AvgIpc) is 2.73. The minimum Gasteiger partial charge on any atom is -0.466 e. The standard InChI is InChI=1S/C18H23NO/c1-12-9-18(14(3)20-12)13(2)19-17-10-16(11-17)15-7-5-4-6-8-15/h4-9,13,16-17,19H,10-11H2,1-3H3. The Morgan fingerprint density at radius 3 is 2.45 bits per heavy atom. The summed E-state index contributed by atoms with van der Waals surface area (Å²) in [5.74, 6) is 2.77. The highest BCUT2D eigenvalue weighted by molar-refractivity contribution is 5.25. The predicted octanol–water partition coefficient (Wildman–Crippen LogP) is 4.49. The van der Waals surface area contributed by atoms with Crippen LogP contribution in [0.4, 0.5) is 0 Å². The van der Waals surface area contributed by atoms with Gasteiger partial charge >= 0.3 is 0 Å². The Balaban J connectivity index is 1.55. The molecule has 1 unspecified atom stereocenters. The second-order valence-electron chi connectivity index (χ2n) is 6.03. The zero-order valence-electron chi connectivity index (χ0n) is 12.5. The largest absolute Gasteiger partial charge is 0.466 e. The Morgan fingerprint density at radius 2 is 1.85 bits per heavy atom. The van der Waals surface area contributed by atoms with Gasteiger partial charge in [-0.15, -0.1) is 0 Å². The minimum atomic E-state index is 0.370. The molecule has 0 saturated heterocycles. The van der Waals surface area contributed by atoms with Crippen molar-refractivity contribution >= 4 is 0 Å². The summed E-state index contributed by atoms with van der Waals surface area (Å²) in [5.41, 5.74) is 2.78. The molecule has 0 amide bonds. The number of benzene rings is 1. The molecule has 0 bridgehead atoms. The molecule has 1 atom stereocenters. The van der Waals surface area contributed by atoms with E-state index in [1.165, 1.54) is 24.0 Å². The Labute approximate surface area is 121 Å². The Kier molecular flexibility index (Phi) is 3.66. The van der Waals surface area contributed by atoms with Crippen molar-refractivity contribution in [3.05, 3.63) is 59.0 Å². The molecule has 106 valence electrons. The number of nitrogens with one attached hydrogen (secondary N) is 1. The van der Waals surface area contributed by atoms with Gasteiger partial charge < -0.3 is 9.73 Å². The maximum Gasteiger partial charge on any atom is 0.105 e. The van der Waals surface area contributed by atoms with Gasteiger partial charge in [-0.3, -0.25) is 0 Å². The summed E-state index contributed by atoms with van der Waals surface area (Å²) in [6.45, 7) is 6.29. The van der Waals surface area contributed by atoms with Crippen LogP contribution in [0.1, 0.15) is 54.4 Å². The van der Waals surface area contributed by atoms with Crippen molar-refractivity contribution in [1.29, 1.82) is 0 Å². The van der Waals surface area contributed by atoms with E-state index in [4.69, 9.17) is 4.42 Å². The first-order chi connectivity index (χ1) is 9.63. The summed E-state index contributed by atoms with van der Waals surface area (Å²) < 4.78 is 5.62. The van der Waals surface area contributed by atoms with Crippen LogP contribution in [0.2, 0.25) is 0 Å². The summed E-state index contributed by atoms with van der Waals surface area (Å²) in [6, 6.07) is 14.0. The quantitative estimate of drug-likeness (QED) is 0.884. The van der Waals surface area contributed by atoms with Crippen LogP contribution in [-0.4, -0.2) is 6.04 Å². The van der Waals surface area contributed by atoms with Gasteiger partial charge in [0.15, 0.2) is 0 Å². The summed E-state index contributed by atoms with van der Waals surface area (Å²) in [6.07, 6.45) is 2.48. The lowest BCUT2D eigenvalue weighted by Gasteiger charge is -2.38. The zero-order chi connectivity index (χ0) is 14.1. The summed E-state index contributed by atoms with van der Waals surface area (Å²) in [4.78, 5) is 0. The van der Waals surface area contributed by atoms with Crippen LogP contribution in [0, 0.1) is 13.8 Å². The third-order valence-electron chi connectivity index (χ3n) is 4.44. The molecule has 1 N–H and O–H groups in total. The lowest BCUT2D eigenvalue weighted by Crippen LogP contribution is -2.41. The number of furan rings is 1. The van der Waals surface area contributed by atoms with E-state index in [-0.39, 0.29) is 0 Å². The van der Waals surface area contributed by atoms with Gasteiger partial charge in [0.05, 0.1) is 0 Å². The van der Waals surface area contributed by atoms with E-state index in [1.54, 1.807) is 0 Å². The van der Waals surface area contributed by atoms with Crippen LogP contribution in [0.5, 0.6) is 0 Å². The van der Waals surface area contributed by atoms with E-state index >= 15 is 0 Å². The first kappa shape index (κ1) is 13.4. The molecular formula is C18H23NO. The zero-order valence-corrected chi connectivity index (χ0v) is 12.5. The molecule has 1 saturated carbocycles. The molecule has 2 nitrogen and oxygen atoms in total. The highest BCUT2D eigenvalue weighted by Gasteiger charge is 2.31. The monoisotopic (exact) mass is 269 g/mol. The maximum absolute atomic E-state index is 5.62. The fourth-order valence-electron chi connectivity index (χ4n) is 3.28. The lowest BCUT2D eigenvalue weighted by molar-refractivity contribution is 0.270. The van der Waals surface area contributed by atoms with E-state index in [0.717, 1.165) is 17.4 Å². The van der Waals surface area contributed by atoms with Crippen molar-refractivity contribution in [2.24, 2.45) is 0 Å². The molecule has 1 aromatic carbocycles. The molecule has 1 aromatic heterocycles. The molecule has 0 radical (unpaired) electrons. The van der Waals surface area contributed by atoms with Crippen molar-refractivity contribution in [2.75, 3.05) is 0 Å². The minimum absolute atomic E-state index is 0.370. The molecule has 3 rings (SSSR count). The second kappa shape index (κ2) is 5.45. The summed E-state index contributed by atoms with van der Waals surface area (Å²) >= 11 is 0. The van der Waals surface area contributed by atoms with Crippen molar-refractivity contribution in [3.63, 3.8) is 0 Å². The Morgan fingerprint density at radius 1 is 1.15 bits per heavy atom. The SMILES string of the molecule is Cc1cc(C(C)NC2CC(c3ccccc3)C2)c(C)o1. The molecule has 1 heterocycles. The normalized spacial score (nSPS) is 23.4. The maximum atomic E-state index is 5.62. The van der Waals surface area contributed by atoms with Gasteiger partial charge in [-0.2, -0.15) is 0 Å². The van der Waals surface area contributed by atoms with E-state index in [0.29, 0.717) is 12.1 Å². The lowest BCUT2D eigenvalue weighted by atomic mass is 9.75. The van der Waals surface area contributed by atoms with Gasteiger partial charge in [0, 0.05) is 17.6 Å². The van der Waals surface area contributed by atoms with Crippen LogP contribution < -0.4 is 5.32 Å². The number of aryl methyl sites for hydroxylation is 2. The van der Waals surface area contributed by atoms with Crippen LogP contribution in [-0.2, 0) is 0 Å². The number of hydrogen-bond acceptors (Lipinski definition) is 2. The third kappa shape index (κ3) is 2.66. The van der Waals surface area contributed by atoms with Crippen molar-refractivity contribution in [1.82, 2.24) is 5.32 Å². The highest BCUT2D eigenvalue weighted by Crippen LogP contribution is 2.38. The van der Waals surface area contributed by atoms with Gasteiger partial charge in [0.25, 0.3) is 0 Å². The molecule has 1 fully saturated rings. The second-order valence-corrected chi connectivity index (χ2v) is 6.03. The number of rotatable bonds is 4. The van der Waals surface area contributed by atoms with Gasteiger partial charge in [-0.1, -0.05) is 30.3 Å². The van der Waals surface area contributed by atoms with Crippen LogP contribution in [0.3, 0.4) is 0 Å². The Bertz CT molecular complexity index is 566. The molecule has 2 heteroatoms. The van der Waals surface area contributed by atoms with Crippen LogP contribution in [0.15, 0.2) is 40.8 Å². The first-order valence-electron chi connectivity index (χ1n) is 7.51. The van der Waals surface area contributed by atoms with E-state index in [9.17, 15) is 0 Å². The topological polar surface area (TPSA) is 25.2 Å². The van der Waals surface area contributed by atoms with Gasteiger partial charge in [0.2, 0.25) is 0 Å². The average molecular weight is 269 g/mol. The number of hydrogen-bond donors (Lipinski definition) is 1. The van der Waals surface area contributed by atoms with E-state index in [2.05, 4.69) is 48.6 Å². The van der Waals surface area contributed by atoms with Crippen LogP contribution >= 0.6 is 0 Å². The molecule has 1 aliphatic rings. The summed E-state index contributed by atoms with van der Waals surface area (Å²) in [7, 11) is 0. The fraction of sp³-hybridized carbons (Fsp3) is 0.444. The van der Waals surface area contributed by atoms with E-state index < -0.39 is 0 Å². The van der Waals surface area contributed by atoms with Gasteiger partial charge in [-0.05, 0) is 51.2 Å². The predicted molar refractivity (Wildman–Crippen MR) is 81.9 cm³/mol. The van der Waals surface area contributed by atoms with Crippen molar-refractivity contribution in [2.45, 2.75) is 51.6 Å². The van der Waals surface area contributed by atoms with Crippen LogP contribution in [0.25, 0.3) is 0 Å². The highest BCUT2D eigenvalue weighted by atomic mass is 16.3. The third-order valence-corrected chi connectivity index (χ3v) is 4.44. The molecule has 1 aliphatic carbocycles. The van der Waals surface area contributed by atoms with Gasteiger partial charge in [0.1, 0.15) is 11.5 Å². The molecule has 20 heavy (non-hydrogen) atoms. The summed E-state index contributed by atoms with van der Waals surface area (Å²) in [5, 5.41) is 3.73. The Hall–Kier alpha value is -1.54.